The zero-order chi connectivity index (χ0) is 25.1. The van der Waals surface area contributed by atoms with Gasteiger partial charge in [-0.25, -0.2) is 0 Å². The van der Waals surface area contributed by atoms with Crippen LogP contribution < -0.4 is 0 Å². The summed E-state index contributed by atoms with van der Waals surface area (Å²) in [6, 6.07) is 41.8. The molecule has 0 saturated carbocycles. The van der Waals surface area contributed by atoms with Crippen molar-refractivity contribution in [2.24, 2.45) is 0 Å². The molecule has 1 aliphatic rings. The lowest BCUT2D eigenvalue weighted by Gasteiger charge is -2.28. The second-order valence-electron chi connectivity index (χ2n) is 9.58. The average Bonchev–Trinajstić information content (AvgIpc) is 3.28. The Morgan fingerprint density at radius 1 is 0.541 bits per heavy atom. The second-order valence-corrected chi connectivity index (χ2v) is 9.58. The SMILES string of the molecule is c1ccc(COC[C@@H]2[C@@H](OCc3ccccc3)[C@H](OCc3ccccc3)CN2Cc2ccccc2)cc1. The van der Waals surface area contributed by atoms with Gasteiger partial charge in [0, 0.05) is 13.1 Å². The quantitative estimate of drug-likeness (QED) is 0.233. The van der Waals surface area contributed by atoms with E-state index in [0.717, 1.165) is 18.7 Å². The highest BCUT2D eigenvalue weighted by Gasteiger charge is 2.43. The molecule has 1 aliphatic heterocycles. The minimum Gasteiger partial charge on any atom is -0.375 e. The molecule has 0 aromatic heterocycles. The number of hydrogen-bond acceptors (Lipinski definition) is 4. The van der Waals surface area contributed by atoms with Gasteiger partial charge in [-0.2, -0.15) is 0 Å². The fourth-order valence-electron chi connectivity index (χ4n) is 4.91. The maximum atomic E-state index is 6.63. The first kappa shape index (κ1) is 25.4. The molecule has 3 atom stereocenters. The lowest BCUT2D eigenvalue weighted by molar-refractivity contribution is -0.0819. The van der Waals surface area contributed by atoms with Crippen LogP contribution in [0.4, 0.5) is 0 Å². The van der Waals surface area contributed by atoms with Crippen LogP contribution in [0.25, 0.3) is 0 Å². The fraction of sp³-hybridized carbons (Fsp3) is 0.273. The zero-order valence-corrected chi connectivity index (χ0v) is 21.2. The van der Waals surface area contributed by atoms with Crippen LogP contribution in [0.2, 0.25) is 0 Å². The van der Waals surface area contributed by atoms with Crippen molar-refractivity contribution in [1.29, 1.82) is 0 Å². The van der Waals surface area contributed by atoms with E-state index in [9.17, 15) is 0 Å². The molecule has 4 nitrogen and oxygen atoms in total. The predicted molar refractivity (Wildman–Crippen MR) is 147 cm³/mol. The van der Waals surface area contributed by atoms with Crippen LogP contribution in [0.1, 0.15) is 22.3 Å². The molecule has 0 bridgehead atoms. The van der Waals surface area contributed by atoms with Crippen LogP contribution in [0.5, 0.6) is 0 Å². The number of nitrogens with zero attached hydrogens (tertiary/aromatic N) is 1. The number of hydrogen-bond donors (Lipinski definition) is 0. The molecule has 0 radical (unpaired) electrons. The highest BCUT2D eigenvalue weighted by Crippen LogP contribution is 2.28. The van der Waals surface area contributed by atoms with Gasteiger partial charge < -0.3 is 14.2 Å². The van der Waals surface area contributed by atoms with Crippen LogP contribution in [-0.2, 0) is 40.6 Å². The summed E-state index contributed by atoms with van der Waals surface area (Å²) in [5.41, 5.74) is 4.78. The van der Waals surface area contributed by atoms with Gasteiger partial charge in [-0.3, -0.25) is 4.90 Å². The Morgan fingerprint density at radius 2 is 1.00 bits per heavy atom. The van der Waals surface area contributed by atoms with Gasteiger partial charge in [0.15, 0.2) is 0 Å². The minimum atomic E-state index is -0.108. The van der Waals surface area contributed by atoms with Crippen molar-refractivity contribution in [1.82, 2.24) is 4.90 Å². The standard InChI is InChI=1S/C33H35NO3/c1-5-13-27(14-6-1)21-34-22-32(36-24-29-17-9-3-10-18-29)33(37-25-30-19-11-4-12-20-30)31(34)26-35-23-28-15-7-2-8-16-28/h1-20,31-33H,21-26H2/t31-,32-,33-/m1/s1. The van der Waals surface area contributed by atoms with Gasteiger partial charge in [-0.1, -0.05) is 121 Å². The van der Waals surface area contributed by atoms with Gasteiger partial charge in [0.2, 0.25) is 0 Å². The summed E-state index contributed by atoms with van der Waals surface area (Å²) in [7, 11) is 0. The van der Waals surface area contributed by atoms with Gasteiger partial charge >= 0.3 is 0 Å². The first-order valence-electron chi connectivity index (χ1n) is 13.1. The molecule has 1 fully saturated rings. The normalized spacial score (nSPS) is 19.7. The maximum Gasteiger partial charge on any atom is 0.103 e. The Morgan fingerprint density at radius 3 is 1.54 bits per heavy atom. The third-order valence-electron chi connectivity index (χ3n) is 6.85. The Balaban J connectivity index is 1.33. The monoisotopic (exact) mass is 493 g/mol. The summed E-state index contributed by atoms with van der Waals surface area (Å²) in [4.78, 5) is 2.46. The van der Waals surface area contributed by atoms with Crippen LogP contribution in [0.3, 0.4) is 0 Å². The van der Waals surface area contributed by atoms with E-state index in [1.54, 1.807) is 0 Å². The zero-order valence-electron chi connectivity index (χ0n) is 21.2. The van der Waals surface area contributed by atoms with Gasteiger partial charge in [-0.05, 0) is 22.3 Å². The predicted octanol–water partition coefficient (Wildman–Crippen LogP) is 6.26. The van der Waals surface area contributed by atoms with E-state index in [0.29, 0.717) is 26.4 Å². The Hall–Kier alpha value is -3.28. The molecule has 0 unspecified atom stereocenters. The van der Waals surface area contributed by atoms with Crippen LogP contribution >= 0.6 is 0 Å². The van der Waals surface area contributed by atoms with Crippen molar-refractivity contribution in [2.45, 2.75) is 44.6 Å². The van der Waals surface area contributed by atoms with E-state index in [1.807, 2.05) is 18.2 Å². The highest BCUT2D eigenvalue weighted by molar-refractivity contribution is 5.17. The molecular weight excluding hydrogens is 458 g/mol. The third kappa shape index (κ3) is 7.37. The van der Waals surface area contributed by atoms with Crippen molar-refractivity contribution < 1.29 is 14.2 Å². The third-order valence-corrected chi connectivity index (χ3v) is 6.85. The van der Waals surface area contributed by atoms with Crippen LogP contribution in [0, 0.1) is 0 Å². The summed E-state index contributed by atoms with van der Waals surface area (Å²) in [6.45, 7) is 3.89. The molecule has 4 aromatic rings. The van der Waals surface area contributed by atoms with Crippen molar-refractivity contribution in [3.8, 4) is 0 Å². The van der Waals surface area contributed by atoms with E-state index < -0.39 is 0 Å². The van der Waals surface area contributed by atoms with E-state index in [1.165, 1.54) is 16.7 Å². The Labute approximate surface area is 220 Å². The lowest BCUT2D eigenvalue weighted by atomic mass is 10.1. The molecule has 4 heteroatoms. The molecule has 1 heterocycles. The molecule has 37 heavy (non-hydrogen) atoms. The van der Waals surface area contributed by atoms with E-state index in [-0.39, 0.29) is 18.2 Å². The van der Waals surface area contributed by atoms with Gasteiger partial charge in [0.05, 0.1) is 38.6 Å². The van der Waals surface area contributed by atoms with E-state index in [4.69, 9.17) is 14.2 Å². The molecule has 0 amide bonds. The van der Waals surface area contributed by atoms with Crippen molar-refractivity contribution >= 4 is 0 Å². The van der Waals surface area contributed by atoms with Gasteiger partial charge in [0.1, 0.15) is 6.10 Å². The average molecular weight is 494 g/mol. The first-order valence-corrected chi connectivity index (χ1v) is 13.1. The summed E-state index contributed by atoms with van der Waals surface area (Å²) in [5, 5.41) is 0. The van der Waals surface area contributed by atoms with Gasteiger partial charge in [-0.15, -0.1) is 0 Å². The smallest absolute Gasteiger partial charge is 0.103 e. The fourth-order valence-corrected chi connectivity index (χ4v) is 4.91. The summed E-state index contributed by atoms with van der Waals surface area (Å²) in [5.74, 6) is 0. The number of likely N-dealkylation sites (tertiary alicyclic amines) is 1. The van der Waals surface area contributed by atoms with E-state index >= 15 is 0 Å². The van der Waals surface area contributed by atoms with Crippen LogP contribution in [-0.4, -0.2) is 36.3 Å². The van der Waals surface area contributed by atoms with Crippen LogP contribution in [0.15, 0.2) is 121 Å². The molecule has 0 aliphatic carbocycles. The topological polar surface area (TPSA) is 30.9 Å². The lowest BCUT2D eigenvalue weighted by Crippen LogP contribution is -2.41. The van der Waals surface area contributed by atoms with E-state index in [2.05, 4.69) is 108 Å². The Kier molecular flexibility index (Phi) is 9.13. The first-order chi connectivity index (χ1) is 18.3. The summed E-state index contributed by atoms with van der Waals surface area (Å²) >= 11 is 0. The van der Waals surface area contributed by atoms with Crippen molar-refractivity contribution in [3.63, 3.8) is 0 Å². The molecule has 0 N–H and O–H groups in total. The largest absolute Gasteiger partial charge is 0.375 e. The molecule has 5 rings (SSSR count). The maximum absolute atomic E-state index is 6.63. The molecule has 0 spiro atoms. The van der Waals surface area contributed by atoms with Crippen molar-refractivity contribution in [2.75, 3.05) is 13.2 Å². The van der Waals surface area contributed by atoms with Crippen molar-refractivity contribution in [3.05, 3.63) is 144 Å². The summed E-state index contributed by atoms with van der Waals surface area (Å²) < 4.78 is 19.4. The minimum absolute atomic E-state index is 0.0574. The second kappa shape index (κ2) is 13.3. The Bertz CT molecular complexity index is 1170. The highest BCUT2D eigenvalue weighted by atomic mass is 16.5. The molecule has 190 valence electrons. The number of benzene rings is 4. The summed E-state index contributed by atoms with van der Waals surface area (Å²) in [6.07, 6.45) is -0.165. The molecule has 1 saturated heterocycles. The molecular formula is C33H35NO3. The number of ether oxygens (including phenoxy) is 3. The number of rotatable bonds is 12. The van der Waals surface area contributed by atoms with Gasteiger partial charge in [0.25, 0.3) is 0 Å². The molecule has 4 aromatic carbocycles.